The first-order valence-electron chi connectivity index (χ1n) is 4.99. The lowest BCUT2D eigenvalue weighted by molar-refractivity contribution is 0.414. The predicted molar refractivity (Wildman–Crippen MR) is 65.8 cm³/mol. The summed E-state index contributed by atoms with van der Waals surface area (Å²) in [5.74, 6) is 1.20. The molecule has 0 saturated carbocycles. The Morgan fingerprint density at radius 2 is 2.00 bits per heavy atom. The van der Waals surface area contributed by atoms with Crippen molar-refractivity contribution < 1.29 is 4.74 Å². The summed E-state index contributed by atoms with van der Waals surface area (Å²) >= 11 is 5.76. The molecule has 1 aromatic carbocycles. The normalized spacial score (nSPS) is 10.1. The average molecular weight is 234 g/mol. The van der Waals surface area contributed by atoms with Crippen LogP contribution in [0.25, 0.3) is 11.3 Å². The number of ether oxygens (including phenoxy) is 1. The Bertz CT molecular complexity index is 471. The largest absolute Gasteiger partial charge is 0.494 e. The van der Waals surface area contributed by atoms with Crippen LogP contribution in [0.2, 0.25) is 0 Å². The average Bonchev–Trinajstić information content (AvgIpc) is 2.39. The Labute approximate surface area is 99.9 Å². The lowest BCUT2D eigenvalue weighted by Gasteiger charge is -2.08. The molecule has 2 aromatic rings. The molecule has 2 nitrogen and oxygen atoms in total. The molecule has 2 rings (SSSR count). The summed E-state index contributed by atoms with van der Waals surface area (Å²) in [6.45, 7) is 0. The molecule has 0 aliphatic heterocycles. The third-order valence-electron chi connectivity index (χ3n) is 2.33. The second-order valence-corrected chi connectivity index (χ2v) is 3.66. The van der Waals surface area contributed by atoms with E-state index in [-0.39, 0.29) is 0 Å². The number of pyridine rings is 1. The number of nitrogens with zero attached hydrogens (tertiary/aromatic N) is 1. The zero-order chi connectivity index (χ0) is 11.4. The van der Waals surface area contributed by atoms with E-state index >= 15 is 0 Å². The Hall–Kier alpha value is -1.54. The summed E-state index contributed by atoms with van der Waals surface area (Å²) in [7, 11) is 1.64. The molecule has 82 valence electrons. The molecule has 0 aliphatic carbocycles. The van der Waals surface area contributed by atoms with Gasteiger partial charge in [0.15, 0.2) is 0 Å². The predicted octanol–water partition coefficient (Wildman–Crippen LogP) is 3.50. The van der Waals surface area contributed by atoms with Crippen molar-refractivity contribution in [3.8, 4) is 17.0 Å². The SMILES string of the molecule is COc1cc(CCl)cnc1-c1ccccc1. The van der Waals surface area contributed by atoms with Crippen LogP contribution >= 0.6 is 11.6 Å². The molecule has 0 fully saturated rings. The third kappa shape index (κ3) is 2.17. The zero-order valence-corrected chi connectivity index (χ0v) is 9.74. The first-order valence-corrected chi connectivity index (χ1v) is 5.53. The lowest BCUT2D eigenvalue weighted by Crippen LogP contribution is -1.93. The summed E-state index contributed by atoms with van der Waals surface area (Å²) in [5.41, 5.74) is 2.84. The molecular weight excluding hydrogens is 222 g/mol. The summed E-state index contributed by atoms with van der Waals surface area (Å²) < 4.78 is 5.32. The van der Waals surface area contributed by atoms with Gasteiger partial charge in [0.05, 0.1) is 7.11 Å². The van der Waals surface area contributed by atoms with E-state index < -0.39 is 0 Å². The Balaban J connectivity index is 2.49. The van der Waals surface area contributed by atoms with Crippen LogP contribution in [0.3, 0.4) is 0 Å². The van der Waals surface area contributed by atoms with Crippen LogP contribution in [0.1, 0.15) is 5.56 Å². The van der Waals surface area contributed by atoms with Crippen LogP contribution in [-0.4, -0.2) is 12.1 Å². The van der Waals surface area contributed by atoms with Crippen molar-refractivity contribution >= 4 is 11.6 Å². The van der Waals surface area contributed by atoms with Gasteiger partial charge in [0.1, 0.15) is 11.4 Å². The molecule has 0 N–H and O–H groups in total. The fraction of sp³-hybridized carbons (Fsp3) is 0.154. The maximum Gasteiger partial charge on any atom is 0.145 e. The number of alkyl halides is 1. The highest BCUT2D eigenvalue weighted by atomic mass is 35.5. The highest BCUT2D eigenvalue weighted by Crippen LogP contribution is 2.28. The van der Waals surface area contributed by atoms with Crippen molar-refractivity contribution in [2.24, 2.45) is 0 Å². The fourth-order valence-corrected chi connectivity index (χ4v) is 1.67. The van der Waals surface area contributed by atoms with E-state index in [0.717, 1.165) is 22.6 Å². The quantitative estimate of drug-likeness (QED) is 0.757. The summed E-state index contributed by atoms with van der Waals surface area (Å²) in [6.07, 6.45) is 1.78. The molecule has 1 aromatic heterocycles. The molecule has 16 heavy (non-hydrogen) atoms. The topological polar surface area (TPSA) is 22.1 Å². The van der Waals surface area contributed by atoms with Crippen LogP contribution in [-0.2, 0) is 5.88 Å². The Morgan fingerprint density at radius 1 is 1.25 bits per heavy atom. The minimum absolute atomic E-state index is 0.443. The van der Waals surface area contributed by atoms with E-state index in [1.807, 2.05) is 36.4 Å². The van der Waals surface area contributed by atoms with Crippen molar-refractivity contribution in [1.82, 2.24) is 4.98 Å². The molecule has 0 unspecified atom stereocenters. The monoisotopic (exact) mass is 233 g/mol. The molecule has 0 atom stereocenters. The van der Waals surface area contributed by atoms with Crippen molar-refractivity contribution in [2.75, 3.05) is 7.11 Å². The van der Waals surface area contributed by atoms with E-state index in [4.69, 9.17) is 16.3 Å². The molecule has 0 spiro atoms. The highest BCUT2D eigenvalue weighted by molar-refractivity contribution is 6.17. The molecular formula is C13H12ClNO. The van der Waals surface area contributed by atoms with Crippen molar-refractivity contribution in [3.63, 3.8) is 0 Å². The van der Waals surface area contributed by atoms with Gasteiger partial charge >= 0.3 is 0 Å². The molecule has 0 amide bonds. The van der Waals surface area contributed by atoms with Crippen LogP contribution in [0.15, 0.2) is 42.6 Å². The van der Waals surface area contributed by atoms with Crippen molar-refractivity contribution in [3.05, 3.63) is 48.2 Å². The van der Waals surface area contributed by atoms with Gasteiger partial charge in [-0.15, -0.1) is 11.6 Å². The van der Waals surface area contributed by atoms with Crippen LogP contribution in [0.5, 0.6) is 5.75 Å². The number of halogens is 1. The second-order valence-electron chi connectivity index (χ2n) is 3.39. The summed E-state index contributed by atoms with van der Waals surface area (Å²) in [5, 5.41) is 0. The first kappa shape index (κ1) is 11.0. The van der Waals surface area contributed by atoms with Gasteiger partial charge in [-0.1, -0.05) is 30.3 Å². The van der Waals surface area contributed by atoms with Gasteiger partial charge in [-0.3, -0.25) is 4.98 Å². The van der Waals surface area contributed by atoms with Gasteiger partial charge < -0.3 is 4.74 Å². The van der Waals surface area contributed by atoms with Gasteiger partial charge in [-0.05, 0) is 11.6 Å². The van der Waals surface area contributed by atoms with Gasteiger partial charge in [0.2, 0.25) is 0 Å². The minimum atomic E-state index is 0.443. The Morgan fingerprint density at radius 3 is 2.62 bits per heavy atom. The number of methoxy groups -OCH3 is 1. The smallest absolute Gasteiger partial charge is 0.145 e. The van der Waals surface area contributed by atoms with Crippen LogP contribution in [0.4, 0.5) is 0 Å². The summed E-state index contributed by atoms with van der Waals surface area (Å²) in [6, 6.07) is 11.9. The Kier molecular flexibility index (Phi) is 3.42. The van der Waals surface area contributed by atoms with Crippen LogP contribution < -0.4 is 4.74 Å². The first-order chi connectivity index (χ1) is 7.85. The minimum Gasteiger partial charge on any atom is -0.494 e. The van der Waals surface area contributed by atoms with E-state index in [1.54, 1.807) is 13.3 Å². The van der Waals surface area contributed by atoms with Crippen molar-refractivity contribution in [1.29, 1.82) is 0 Å². The number of hydrogen-bond donors (Lipinski definition) is 0. The number of aromatic nitrogens is 1. The van der Waals surface area contributed by atoms with E-state index in [1.165, 1.54) is 0 Å². The molecule has 0 aliphatic rings. The van der Waals surface area contributed by atoms with Crippen LogP contribution in [0, 0.1) is 0 Å². The number of benzene rings is 1. The molecule has 0 radical (unpaired) electrons. The molecule has 0 saturated heterocycles. The van der Waals surface area contributed by atoms with Gasteiger partial charge in [0.25, 0.3) is 0 Å². The standard InChI is InChI=1S/C13H12ClNO/c1-16-12-7-10(8-14)9-15-13(12)11-5-3-2-4-6-11/h2-7,9H,8H2,1H3. The van der Waals surface area contributed by atoms with E-state index in [0.29, 0.717) is 5.88 Å². The third-order valence-corrected chi connectivity index (χ3v) is 2.64. The number of rotatable bonds is 3. The zero-order valence-electron chi connectivity index (χ0n) is 8.98. The maximum atomic E-state index is 5.76. The van der Waals surface area contributed by atoms with E-state index in [9.17, 15) is 0 Å². The van der Waals surface area contributed by atoms with E-state index in [2.05, 4.69) is 4.98 Å². The number of hydrogen-bond acceptors (Lipinski definition) is 2. The molecule has 3 heteroatoms. The maximum absolute atomic E-state index is 5.76. The fourth-order valence-electron chi connectivity index (χ4n) is 1.53. The highest BCUT2D eigenvalue weighted by Gasteiger charge is 2.07. The molecule has 0 bridgehead atoms. The molecule has 1 heterocycles. The van der Waals surface area contributed by atoms with Gasteiger partial charge in [0, 0.05) is 17.6 Å². The summed E-state index contributed by atoms with van der Waals surface area (Å²) in [4.78, 5) is 4.38. The van der Waals surface area contributed by atoms with Gasteiger partial charge in [-0.25, -0.2) is 0 Å². The second kappa shape index (κ2) is 4.99. The lowest BCUT2D eigenvalue weighted by atomic mass is 10.1. The van der Waals surface area contributed by atoms with Gasteiger partial charge in [-0.2, -0.15) is 0 Å². The van der Waals surface area contributed by atoms with Crippen molar-refractivity contribution in [2.45, 2.75) is 5.88 Å².